The van der Waals surface area contributed by atoms with Gasteiger partial charge in [0.25, 0.3) is 0 Å². The van der Waals surface area contributed by atoms with Crippen LogP contribution in [0, 0.1) is 6.92 Å². The lowest BCUT2D eigenvalue weighted by Gasteiger charge is -2.12. The summed E-state index contributed by atoms with van der Waals surface area (Å²) in [4.78, 5) is 12.7. The summed E-state index contributed by atoms with van der Waals surface area (Å²) in [5.74, 6) is 0.0754. The molecule has 1 aromatic heterocycles. The lowest BCUT2D eigenvalue weighted by molar-refractivity contribution is 0.563. The molecule has 1 heterocycles. The molecule has 7 nitrogen and oxygen atoms in total. The highest BCUT2D eigenvalue weighted by molar-refractivity contribution is 7.78. The topological polar surface area (TPSA) is 103 Å². The fourth-order valence-electron chi connectivity index (χ4n) is 3.07. The van der Waals surface area contributed by atoms with E-state index < -0.39 is 11.1 Å². The third kappa shape index (κ3) is 4.58. The fraction of sp³-hybridized carbons (Fsp3) is 0.200. The van der Waals surface area contributed by atoms with Gasteiger partial charge >= 0.3 is 5.69 Å². The molecule has 0 aliphatic rings. The van der Waals surface area contributed by atoms with Gasteiger partial charge in [0.1, 0.15) is 6.33 Å². The molecule has 0 aliphatic heterocycles. The lowest BCUT2D eigenvalue weighted by Crippen LogP contribution is -2.26. The highest BCUT2D eigenvalue weighted by Gasteiger charge is 2.13. The summed E-state index contributed by atoms with van der Waals surface area (Å²) >= 11 is -1.89. The molecule has 9 heteroatoms. The van der Waals surface area contributed by atoms with Crippen molar-refractivity contribution in [1.82, 2.24) is 14.3 Å². The molecule has 0 saturated heterocycles. The van der Waals surface area contributed by atoms with Crippen LogP contribution in [-0.4, -0.2) is 29.7 Å². The van der Waals surface area contributed by atoms with Crippen molar-refractivity contribution in [1.29, 1.82) is 0 Å². The van der Waals surface area contributed by atoms with Crippen LogP contribution in [0.5, 0.6) is 0 Å². The molecule has 3 rings (SSSR count). The van der Waals surface area contributed by atoms with Crippen LogP contribution in [0.2, 0.25) is 0 Å². The smallest absolute Gasteiger partial charge is 0.327 e. The van der Waals surface area contributed by atoms with E-state index in [1.165, 1.54) is 10.9 Å². The van der Waals surface area contributed by atoms with Crippen molar-refractivity contribution in [2.24, 2.45) is 5.73 Å². The molecule has 3 N–H and O–H groups in total. The Balaban J connectivity index is 1.97. The van der Waals surface area contributed by atoms with Gasteiger partial charge in [-0.2, -0.15) is 5.10 Å². The number of hydrogen-bond donors (Lipinski definition) is 2. The first-order valence-electron chi connectivity index (χ1n) is 8.84. The first-order valence-corrected chi connectivity index (χ1v) is 10.1. The number of hydrogen-bond acceptors (Lipinski definition) is 4. The van der Waals surface area contributed by atoms with E-state index >= 15 is 0 Å². The Hall–Kier alpha value is -2.88. The van der Waals surface area contributed by atoms with Crippen LogP contribution < -0.4 is 11.4 Å². The second-order valence-electron chi connectivity index (χ2n) is 6.53. The summed E-state index contributed by atoms with van der Waals surface area (Å²) in [5, 5.41) is 4.06. The zero-order valence-electron chi connectivity index (χ0n) is 15.8. The van der Waals surface area contributed by atoms with Crippen LogP contribution in [0.1, 0.15) is 11.1 Å². The number of nitrogens with zero attached hydrogens (tertiary/aromatic N) is 3. The zero-order chi connectivity index (χ0) is 21.0. The minimum atomic E-state index is -1.89. The van der Waals surface area contributed by atoms with Crippen molar-refractivity contribution in [3.63, 3.8) is 0 Å². The number of halogens is 1. The summed E-state index contributed by atoms with van der Waals surface area (Å²) in [6.07, 6.45) is 1.80. The SMILES string of the molecule is Cc1c(-c2ccc(CS(=O)O)cc2)cccc1-n1cnn(C/C(=C/F)CN)c1=O. The van der Waals surface area contributed by atoms with Crippen LogP contribution in [0.3, 0.4) is 0 Å². The monoisotopic (exact) mass is 416 g/mol. The Morgan fingerprint density at radius 2 is 2.00 bits per heavy atom. The minimum Gasteiger partial charge on any atom is -0.327 e. The molecule has 0 radical (unpaired) electrons. The van der Waals surface area contributed by atoms with Crippen LogP contribution in [0.25, 0.3) is 16.8 Å². The fourth-order valence-corrected chi connectivity index (χ4v) is 3.54. The van der Waals surface area contributed by atoms with Gasteiger partial charge in [-0.15, -0.1) is 0 Å². The van der Waals surface area contributed by atoms with E-state index in [1.807, 2.05) is 37.3 Å². The van der Waals surface area contributed by atoms with E-state index in [4.69, 9.17) is 10.3 Å². The predicted molar refractivity (Wildman–Crippen MR) is 111 cm³/mol. The van der Waals surface area contributed by atoms with Crippen molar-refractivity contribution in [2.45, 2.75) is 19.2 Å². The summed E-state index contributed by atoms with van der Waals surface area (Å²) < 4.78 is 35.3. The zero-order valence-corrected chi connectivity index (χ0v) is 16.6. The summed E-state index contributed by atoms with van der Waals surface area (Å²) in [6, 6.07) is 12.9. The van der Waals surface area contributed by atoms with Crippen molar-refractivity contribution >= 4 is 11.1 Å². The predicted octanol–water partition coefficient (Wildman–Crippen LogP) is 2.54. The Morgan fingerprint density at radius 1 is 1.28 bits per heavy atom. The third-order valence-electron chi connectivity index (χ3n) is 4.62. The normalized spacial score (nSPS) is 12.9. The van der Waals surface area contributed by atoms with Crippen molar-refractivity contribution in [3.8, 4) is 16.8 Å². The minimum absolute atomic E-state index is 0.00414. The molecule has 3 aromatic rings. The van der Waals surface area contributed by atoms with Crippen molar-refractivity contribution in [2.75, 3.05) is 6.54 Å². The van der Waals surface area contributed by atoms with Gasteiger partial charge in [0, 0.05) is 6.54 Å². The molecule has 1 unspecified atom stereocenters. The van der Waals surface area contributed by atoms with Gasteiger partial charge in [-0.25, -0.2) is 22.6 Å². The first kappa shape index (κ1) is 20.8. The van der Waals surface area contributed by atoms with Gasteiger partial charge in [-0.3, -0.25) is 0 Å². The van der Waals surface area contributed by atoms with E-state index in [0.717, 1.165) is 26.9 Å². The van der Waals surface area contributed by atoms with Gasteiger partial charge in [-0.05, 0) is 40.8 Å². The number of nitrogens with two attached hydrogens (primary N) is 1. The Morgan fingerprint density at radius 3 is 2.62 bits per heavy atom. The molecule has 152 valence electrons. The molecule has 0 saturated carbocycles. The molecule has 0 aliphatic carbocycles. The van der Waals surface area contributed by atoms with Gasteiger partial charge in [-0.1, -0.05) is 36.4 Å². The number of benzene rings is 2. The highest BCUT2D eigenvalue weighted by Crippen LogP contribution is 2.27. The summed E-state index contributed by atoms with van der Waals surface area (Å²) in [5.41, 5.74) is 9.47. The van der Waals surface area contributed by atoms with E-state index in [0.29, 0.717) is 12.0 Å². The average Bonchev–Trinajstić information content (AvgIpc) is 3.06. The first-order chi connectivity index (χ1) is 13.9. The van der Waals surface area contributed by atoms with Gasteiger partial charge in [0.15, 0.2) is 11.1 Å². The maximum atomic E-state index is 12.8. The molecule has 1 atom stereocenters. The Kier molecular flexibility index (Phi) is 6.53. The Labute approximate surface area is 169 Å². The highest BCUT2D eigenvalue weighted by atomic mass is 32.2. The second-order valence-corrected chi connectivity index (χ2v) is 7.46. The van der Waals surface area contributed by atoms with Crippen LogP contribution in [0.15, 0.2) is 65.5 Å². The van der Waals surface area contributed by atoms with Gasteiger partial charge < -0.3 is 10.3 Å². The second kappa shape index (κ2) is 9.08. The standard InChI is InChI=1S/C20H21FN4O3S/c1-14-18(17-7-5-15(6-8-17)12-29(27)28)3-2-4-19(14)24-13-23-25(20(24)26)11-16(9-21)10-22/h2-9,13H,10-12,22H2,1H3,(H,27,28)/b16-9+. The van der Waals surface area contributed by atoms with E-state index in [2.05, 4.69) is 5.10 Å². The van der Waals surface area contributed by atoms with Gasteiger partial charge in [0.05, 0.1) is 24.3 Å². The largest absolute Gasteiger partial charge is 0.350 e. The Bertz CT molecular complexity index is 1120. The molecule has 0 bridgehead atoms. The van der Waals surface area contributed by atoms with E-state index in [-0.39, 0.29) is 30.1 Å². The average molecular weight is 416 g/mol. The van der Waals surface area contributed by atoms with Crippen LogP contribution in [-0.2, 0) is 23.4 Å². The molecule has 0 fully saturated rings. The molecule has 29 heavy (non-hydrogen) atoms. The van der Waals surface area contributed by atoms with E-state index in [9.17, 15) is 13.4 Å². The lowest BCUT2D eigenvalue weighted by atomic mass is 9.98. The third-order valence-corrected chi connectivity index (χ3v) is 5.20. The maximum absolute atomic E-state index is 12.8. The van der Waals surface area contributed by atoms with Crippen molar-refractivity contribution < 1.29 is 13.2 Å². The van der Waals surface area contributed by atoms with Crippen LogP contribution >= 0.6 is 0 Å². The quantitative estimate of drug-likeness (QED) is 0.576. The number of aromatic nitrogens is 3. The molecule has 2 aromatic carbocycles. The molecular formula is C20H21FN4O3S. The summed E-state index contributed by atoms with van der Waals surface area (Å²) in [6.45, 7) is 1.90. The van der Waals surface area contributed by atoms with Crippen LogP contribution in [0.4, 0.5) is 4.39 Å². The van der Waals surface area contributed by atoms with Gasteiger partial charge in [0.2, 0.25) is 0 Å². The molecular weight excluding hydrogens is 395 g/mol. The molecule has 0 amide bonds. The molecule has 0 spiro atoms. The van der Waals surface area contributed by atoms with Crippen molar-refractivity contribution in [3.05, 3.63) is 82.3 Å². The summed E-state index contributed by atoms with van der Waals surface area (Å²) in [7, 11) is 0. The van der Waals surface area contributed by atoms with E-state index in [1.54, 1.807) is 12.1 Å². The number of rotatable bonds is 7. The maximum Gasteiger partial charge on any atom is 0.350 e.